The van der Waals surface area contributed by atoms with Gasteiger partial charge in [-0.05, 0) is 60.6 Å². The summed E-state index contributed by atoms with van der Waals surface area (Å²) >= 11 is 11.7. The molecule has 5 nitrogen and oxygen atoms in total. The van der Waals surface area contributed by atoms with Crippen LogP contribution in [0.25, 0.3) is 0 Å². The van der Waals surface area contributed by atoms with E-state index in [1.165, 1.54) is 5.56 Å². The Kier molecular flexibility index (Phi) is 8.55. The Hall–Kier alpha value is -1.86. The zero-order valence-electron chi connectivity index (χ0n) is 16.8. The molecule has 0 unspecified atom stereocenters. The van der Waals surface area contributed by atoms with E-state index in [1.807, 2.05) is 36.4 Å². The molecule has 0 bridgehead atoms. The average Bonchev–Trinajstić information content (AvgIpc) is 2.76. The Morgan fingerprint density at radius 1 is 1.14 bits per heavy atom. The summed E-state index contributed by atoms with van der Waals surface area (Å²) in [6, 6.07) is 15.7. The van der Waals surface area contributed by atoms with Gasteiger partial charge in [-0.25, -0.2) is 0 Å². The largest absolute Gasteiger partial charge is 0.497 e. The van der Waals surface area contributed by atoms with Gasteiger partial charge in [0.15, 0.2) is 5.11 Å². The molecule has 1 aliphatic heterocycles. The third-order valence-corrected chi connectivity index (χ3v) is 5.53. The van der Waals surface area contributed by atoms with E-state index in [9.17, 15) is 0 Å². The van der Waals surface area contributed by atoms with Crippen LogP contribution in [0.5, 0.6) is 5.75 Å². The number of benzene rings is 2. The third-order valence-electron chi connectivity index (χ3n) is 4.92. The van der Waals surface area contributed by atoms with Crippen molar-refractivity contribution in [3.63, 3.8) is 0 Å². The monoisotopic (exact) mass is 433 g/mol. The summed E-state index contributed by atoms with van der Waals surface area (Å²) < 4.78 is 10.7. The van der Waals surface area contributed by atoms with Gasteiger partial charge in [-0.15, -0.1) is 0 Å². The van der Waals surface area contributed by atoms with Gasteiger partial charge in [0.05, 0.1) is 20.3 Å². The molecule has 2 aromatic carbocycles. The first-order chi connectivity index (χ1) is 14.1. The van der Waals surface area contributed by atoms with Crippen LogP contribution in [-0.4, -0.2) is 61.4 Å². The zero-order valence-corrected chi connectivity index (χ0v) is 18.3. The first-order valence-electron chi connectivity index (χ1n) is 9.88. The molecular formula is C22H28ClN3O2S. The van der Waals surface area contributed by atoms with Crippen LogP contribution in [0.1, 0.15) is 12.0 Å². The fourth-order valence-corrected chi connectivity index (χ4v) is 3.65. The summed E-state index contributed by atoms with van der Waals surface area (Å²) in [6.45, 7) is 6.33. The van der Waals surface area contributed by atoms with Crippen molar-refractivity contribution in [2.45, 2.75) is 13.0 Å². The van der Waals surface area contributed by atoms with Gasteiger partial charge in [0.25, 0.3) is 0 Å². The van der Waals surface area contributed by atoms with Crippen LogP contribution in [0.15, 0.2) is 48.5 Å². The first kappa shape index (κ1) is 21.8. The van der Waals surface area contributed by atoms with Crippen molar-refractivity contribution in [3.05, 3.63) is 59.1 Å². The fraction of sp³-hybridized carbons (Fsp3) is 0.409. The van der Waals surface area contributed by atoms with Gasteiger partial charge in [-0.3, -0.25) is 4.90 Å². The normalized spacial score (nSPS) is 14.4. The van der Waals surface area contributed by atoms with Crippen molar-refractivity contribution in [3.8, 4) is 5.75 Å². The minimum absolute atomic E-state index is 0.710. The molecule has 1 saturated heterocycles. The lowest BCUT2D eigenvalue weighted by atomic mass is 10.2. The summed E-state index contributed by atoms with van der Waals surface area (Å²) in [4.78, 5) is 4.66. The van der Waals surface area contributed by atoms with Gasteiger partial charge >= 0.3 is 0 Å². The Labute approximate surface area is 183 Å². The Morgan fingerprint density at radius 3 is 2.48 bits per heavy atom. The smallest absolute Gasteiger partial charge is 0.173 e. The molecule has 1 heterocycles. The molecule has 7 heteroatoms. The number of hydrogen-bond acceptors (Lipinski definition) is 4. The molecule has 2 aromatic rings. The summed E-state index contributed by atoms with van der Waals surface area (Å²) in [7, 11) is 1.68. The first-order valence-corrected chi connectivity index (χ1v) is 10.7. The molecule has 0 aliphatic carbocycles. The molecule has 1 N–H and O–H groups in total. The molecule has 29 heavy (non-hydrogen) atoms. The van der Waals surface area contributed by atoms with Gasteiger partial charge in [0.2, 0.25) is 0 Å². The molecular weight excluding hydrogens is 406 g/mol. The number of rotatable bonds is 8. The number of hydrogen-bond donors (Lipinski definition) is 1. The van der Waals surface area contributed by atoms with Crippen LogP contribution >= 0.6 is 23.8 Å². The number of nitrogens with zero attached hydrogens (tertiary/aromatic N) is 2. The van der Waals surface area contributed by atoms with Gasteiger partial charge in [-0.1, -0.05) is 23.7 Å². The number of nitrogens with one attached hydrogen (secondary N) is 1. The third kappa shape index (κ3) is 7.16. The molecule has 0 atom stereocenters. The quantitative estimate of drug-likeness (QED) is 0.626. The fourth-order valence-electron chi connectivity index (χ4n) is 3.25. The van der Waals surface area contributed by atoms with Crippen molar-refractivity contribution >= 4 is 34.6 Å². The van der Waals surface area contributed by atoms with E-state index in [4.69, 9.17) is 33.3 Å². The number of thiocarbonyl (C=S) groups is 1. The summed E-state index contributed by atoms with van der Waals surface area (Å²) in [5, 5.41) is 4.76. The SMILES string of the molecule is COc1ccc(CN(CCCN2CCOCC2)C(=S)Nc2ccc(Cl)cc2)cc1. The molecule has 0 aromatic heterocycles. The number of anilines is 1. The zero-order chi connectivity index (χ0) is 20.5. The van der Waals surface area contributed by atoms with E-state index in [0.717, 1.165) is 63.8 Å². The molecule has 0 spiro atoms. The molecule has 3 rings (SSSR count). The summed E-state index contributed by atoms with van der Waals surface area (Å²) in [5.41, 5.74) is 2.13. The summed E-state index contributed by atoms with van der Waals surface area (Å²) in [6.07, 6.45) is 1.04. The second-order valence-electron chi connectivity index (χ2n) is 7.01. The maximum absolute atomic E-state index is 5.99. The lowest BCUT2D eigenvalue weighted by molar-refractivity contribution is 0.0368. The van der Waals surface area contributed by atoms with E-state index in [-0.39, 0.29) is 0 Å². The minimum Gasteiger partial charge on any atom is -0.497 e. The maximum Gasteiger partial charge on any atom is 0.173 e. The second-order valence-corrected chi connectivity index (χ2v) is 7.84. The van der Waals surface area contributed by atoms with Crippen LogP contribution in [0.2, 0.25) is 5.02 Å². The van der Waals surface area contributed by atoms with E-state index in [2.05, 4.69) is 27.2 Å². The van der Waals surface area contributed by atoms with E-state index < -0.39 is 0 Å². The van der Waals surface area contributed by atoms with E-state index in [1.54, 1.807) is 7.11 Å². The van der Waals surface area contributed by atoms with Gasteiger partial charge in [0.1, 0.15) is 5.75 Å². The molecule has 0 saturated carbocycles. The molecule has 1 aliphatic rings. The van der Waals surface area contributed by atoms with Crippen LogP contribution < -0.4 is 10.1 Å². The van der Waals surface area contributed by atoms with Crippen molar-refractivity contribution in [1.82, 2.24) is 9.80 Å². The number of halogens is 1. The van der Waals surface area contributed by atoms with Crippen molar-refractivity contribution in [1.29, 1.82) is 0 Å². The van der Waals surface area contributed by atoms with Gasteiger partial charge in [0, 0.05) is 43.4 Å². The highest BCUT2D eigenvalue weighted by Gasteiger charge is 2.14. The highest BCUT2D eigenvalue weighted by molar-refractivity contribution is 7.80. The highest BCUT2D eigenvalue weighted by atomic mass is 35.5. The number of ether oxygens (including phenoxy) is 2. The highest BCUT2D eigenvalue weighted by Crippen LogP contribution is 2.17. The van der Waals surface area contributed by atoms with Gasteiger partial charge in [-0.2, -0.15) is 0 Å². The van der Waals surface area contributed by atoms with Crippen LogP contribution in [-0.2, 0) is 11.3 Å². The van der Waals surface area contributed by atoms with E-state index in [0.29, 0.717) is 10.1 Å². The lowest BCUT2D eigenvalue weighted by Gasteiger charge is -2.29. The van der Waals surface area contributed by atoms with Crippen molar-refractivity contribution in [2.24, 2.45) is 0 Å². The standard InChI is InChI=1S/C22H28ClN3O2S/c1-27-21-9-3-18(4-10-21)17-26(12-2-11-25-13-15-28-16-14-25)22(29)24-20-7-5-19(23)6-8-20/h3-10H,2,11-17H2,1H3,(H,24,29). The predicted octanol–water partition coefficient (Wildman–Crippen LogP) is 4.27. The molecule has 1 fully saturated rings. The van der Waals surface area contributed by atoms with Crippen LogP contribution in [0.4, 0.5) is 5.69 Å². The molecule has 0 radical (unpaired) electrons. The Bertz CT molecular complexity index is 765. The van der Waals surface area contributed by atoms with Crippen LogP contribution in [0, 0.1) is 0 Å². The lowest BCUT2D eigenvalue weighted by Crippen LogP contribution is -2.40. The van der Waals surface area contributed by atoms with Gasteiger partial charge < -0.3 is 19.7 Å². The minimum atomic E-state index is 0.710. The Balaban J connectivity index is 1.61. The second kappa shape index (κ2) is 11.4. The predicted molar refractivity (Wildman–Crippen MR) is 123 cm³/mol. The number of methoxy groups -OCH3 is 1. The maximum atomic E-state index is 5.99. The molecule has 0 amide bonds. The molecule has 156 valence electrons. The topological polar surface area (TPSA) is 37.0 Å². The summed E-state index contributed by atoms with van der Waals surface area (Å²) in [5.74, 6) is 0.856. The van der Waals surface area contributed by atoms with E-state index >= 15 is 0 Å². The Morgan fingerprint density at radius 2 is 1.83 bits per heavy atom. The average molecular weight is 434 g/mol. The number of morpholine rings is 1. The van der Waals surface area contributed by atoms with Crippen LogP contribution in [0.3, 0.4) is 0 Å². The van der Waals surface area contributed by atoms with Crippen molar-refractivity contribution in [2.75, 3.05) is 51.8 Å². The van der Waals surface area contributed by atoms with Crippen molar-refractivity contribution < 1.29 is 9.47 Å².